The van der Waals surface area contributed by atoms with Gasteiger partial charge in [-0.2, -0.15) is 0 Å². The number of carbonyl (C=O) groups excluding carboxylic acids is 1. The van der Waals surface area contributed by atoms with Gasteiger partial charge in [-0.3, -0.25) is 4.79 Å². The molecule has 0 aliphatic rings. The van der Waals surface area contributed by atoms with Crippen LogP contribution in [0.15, 0.2) is 0 Å². The average Bonchev–Trinajstić information content (AvgIpc) is 2.32. The summed E-state index contributed by atoms with van der Waals surface area (Å²) in [4.78, 5) is 26.8. The third kappa shape index (κ3) is 8.74. The molecule has 0 radical (unpaired) electrons. The lowest BCUT2D eigenvalue weighted by molar-refractivity contribution is -0.137. The summed E-state index contributed by atoms with van der Waals surface area (Å²) in [7, 11) is 3.93. The maximum absolute atomic E-state index is 12.2. The van der Waals surface area contributed by atoms with E-state index in [2.05, 4.69) is 19.2 Å². The number of nitrogens with zero attached hydrogens (tertiary/aromatic N) is 2. The molecule has 0 aliphatic heterocycles. The van der Waals surface area contributed by atoms with Crippen LogP contribution in [0.4, 0.5) is 4.79 Å². The van der Waals surface area contributed by atoms with E-state index in [1.165, 1.54) is 0 Å². The first-order chi connectivity index (χ1) is 9.26. The maximum atomic E-state index is 12.2. The molecule has 0 rings (SSSR count). The molecule has 0 spiro atoms. The van der Waals surface area contributed by atoms with Crippen molar-refractivity contribution in [3.63, 3.8) is 0 Å². The van der Waals surface area contributed by atoms with Crippen molar-refractivity contribution in [3.8, 4) is 0 Å². The minimum atomic E-state index is -0.888. The fraction of sp³-hybridized carbons (Fsp3) is 0.857. The number of hydrogen-bond donors (Lipinski definition) is 2. The molecule has 6 nitrogen and oxygen atoms in total. The van der Waals surface area contributed by atoms with Gasteiger partial charge in [-0.1, -0.05) is 20.8 Å². The van der Waals surface area contributed by atoms with E-state index in [1.807, 2.05) is 25.9 Å². The van der Waals surface area contributed by atoms with Crippen molar-refractivity contribution < 1.29 is 14.7 Å². The predicted octanol–water partition coefficient (Wildman–Crippen LogP) is 1.47. The van der Waals surface area contributed by atoms with E-state index in [1.54, 1.807) is 4.90 Å². The van der Waals surface area contributed by atoms with Crippen LogP contribution < -0.4 is 5.32 Å². The highest BCUT2D eigenvalue weighted by molar-refractivity contribution is 5.76. The van der Waals surface area contributed by atoms with Crippen LogP contribution in [-0.2, 0) is 4.79 Å². The molecule has 0 heterocycles. The minimum Gasteiger partial charge on any atom is -0.481 e. The molecule has 0 aromatic carbocycles. The number of urea groups is 1. The zero-order valence-corrected chi connectivity index (χ0v) is 13.3. The summed E-state index contributed by atoms with van der Waals surface area (Å²) in [5.74, 6) is -0.511. The van der Waals surface area contributed by atoms with Crippen LogP contribution in [0.3, 0.4) is 0 Å². The molecular formula is C14H29N3O3. The van der Waals surface area contributed by atoms with E-state index >= 15 is 0 Å². The molecule has 6 heteroatoms. The Kier molecular flexibility index (Phi) is 8.96. The van der Waals surface area contributed by atoms with Gasteiger partial charge in [-0.15, -0.1) is 0 Å². The van der Waals surface area contributed by atoms with Crippen molar-refractivity contribution in [1.29, 1.82) is 0 Å². The predicted molar refractivity (Wildman–Crippen MR) is 79.8 cm³/mol. The number of carboxylic acid groups (broad SMARTS) is 1. The summed E-state index contributed by atoms with van der Waals surface area (Å²) in [6, 6.07) is -0.484. The van der Waals surface area contributed by atoms with Gasteiger partial charge >= 0.3 is 12.0 Å². The summed E-state index contributed by atoms with van der Waals surface area (Å²) in [6.07, 6.45) is 0.576. The van der Waals surface area contributed by atoms with Crippen LogP contribution >= 0.6 is 0 Å². The van der Waals surface area contributed by atoms with Gasteiger partial charge in [0, 0.05) is 25.7 Å². The minimum absolute atomic E-state index is 0.0363. The van der Waals surface area contributed by atoms with Crippen LogP contribution in [0.5, 0.6) is 0 Å². The Morgan fingerprint density at radius 1 is 1.20 bits per heavy atom. The molecule has 0 fully saturated rings. The normalized spacial score (nSPS) is 12.6. The molecule has 1 atom stereocenters. The van der Waals surface area contributed by atoms with Crippen LogP contribution in [0.25, 0.3) is 0 Å². The quantitative estimate of drug-likeness (QED) is 0.673. The van der Waals surface area contributed by atoms with Gasteiger partial charge in [0.25, 0.3) is 0 Å². The van der Waals surface area contributed by atoms with E-state index in [9.17, 15) is 9.59 Å². The second-order valence-corrected chi connectivity index (χ2v) is 5.80. The Hall–Kier alpha value is -1.30. The first-order valence-corrected chi connectivity index (χ1v) is 7.18. The van der Waals surface area contributed by atoms with E-state index < -0.39 is 5.97 Å². The monoisotopic (exact) mass is 287 g/mol. The standard InChI is InChI=1S/C14H29N3O3/c1-6-12(9-13(18)19)15-14(20)17(10-11(2)3)8-7-16(4)5/h11-12H,6-10H2,1-5H3,(H,15,20)(H,18,19). The topological polar surface area (TPSA) is 72.9 Å². The summed E-state index contributed by atoms with van der Waals surface area (Å²) >= 11 is 0. The number of aliphatic carboxylic acids is 1. The van der Waals surface area contributed by atoms with Crippen LogP contribution in [0, 0.1) is 5.92 Å². The lowest BCUT2D eigenvalue weighted by Gasteiger charge is -2.28. The molecule has 0 saturated heterocycles. The highest BCUT2D eigenvalue weighted by atomic mass is 16.4. The van der Waals surface area contributed by atoms with Gasteiger partial charge < -0.3 is 20.2 Å². The summed E-state index contributed by atoms with van der Waals surface area (Å²) in [5.41, 5.74) is 0. The van der Waals surface area contributed by atoms with Gasteiger partial charge in [-0.05, 0) is 26.4 Å². The first kappa shape index (κ1) is 18.7. The Bertz CT molecular complexity index is 306. The number of hydrogen-bond acceptors (Lipinski definition) is 3. The largest absolute Gasteiger partial charge is 0.481 e. The van der Waals surface area contributed by atoms with Crippen molar-refractivity contribution in [1.82, 2.24) is 15.1 Å². The number of likely N-dealkylation sites (N-methyl/N-ethyl adjacent to an activating group) is 1. The van der Waals surface area contributed by atoms with Gasteiger partial charge in [0.15, 0.2) is 0 Å². The van der Waals surface area contributed by atoms with Crippen molar-refractivity contribution >= 4 is 12.0 Å². The second-order valence-electron chi connectivity index (χ2n) is 5.80. The molecule has 118 valence electrons. The highest BCUT2D eigenvalue weighted by Crippen LogP contribution is 2.03. The fourth-order valence-electron chi connectivity index (χ4n) is 1.81. The van der Waals surface area contributed by atoms with Gasteiger partial charge in [0.2, 0.25) is 0 Å². The number of nitrogens with one attached hydrogen (secondary N) is 1. The van der Waals surface area contributed by atoms with E-state index in [0.717, 1.165) is 6.54 Å². The van der Waals surface area contributed by atoms with Crippen molar-refractivity contribution in [3.05, 3.63) is 0 Å². The molecule has 2 amide bonds. The molecule has 0 aromatic heterocycles. The molecule has 1 unspecified atom stereocenters. The van der Waals surface area contributed by atoms with Gasteiger partial charge in [0.05, 0.1) is 6.42 Å². The van der Waals surface area contributed by atoms with Gasteiger partial charge in [-0.25, -0.2) is 4.79 Å². The molecule has 20 heavy (non-hydrogen) atoms. The molecule has 2 N–H and O–H groups in total. The lowest BCUT2D eigenvalue weighted by atomic mass is 10.1. The SMILES string of the molecule is CCC(CC(=O)O)NC(=O)N(CCN(C)C)CC(C)C. The third-order valence-corrected chi connectivity index (χ3v) is 2.93. The van der Waals surface area contributed by atoms with Crippen molar-refractivity contribution in [2.45, 2.75) is 39.7 Å². The summed E-state index contributed by atoms with van der Waals surface area (Å²) in [5, 5.41) is 11.6. The summed E-state index contributed by atoms with van der Waals surface area (Å²) in [6.45, 7) is 8.09. The van der Waals surface area contributed by atoms with Crippen LogP contribution in [0.1, 0.15) is 33.6 Å². The molecule has 0 aliphatic carbocycles. The third-order valence-electron chi connectivity index (χ3n) is 2.93. The van der Waals surface area contributed by atoms with E-state index in [-0.39, 0.29) is 18.5 Å². The number of amides is 2. The molecule has 0 bridgehead atoms. The van der Waals surface area contributed by atoms with Crippen LogP contribution in [-0.4, -0.2) is 66.7 Å². The molecular weight excluding hydrogens is 258 g/mol. The number of rotatable bonds is 9. The number of carbonyl (C=O) groups is 2. The van der Waals surface area contributed by atoms with E-state index in [0.29, 0.717) is 25.4 Å². The van der Waals surface area contributed by atoms with Gasteiger partial charge in [0.1, 0.15) is 0 Å². The second kappa shape index (κ2) is 9.58. The first-order valence-electron chi connectivity index (χ1n) is 7.18. The fourth-order valence-corrected chi connectivity index (χ4v) is 1.81. The Balaban J connectivity index is 4.54. The number of carboxylic acids is 1. The molecule has 0 aromatic rings. The zero-order valence-electron chi connectivity index (χ0n) is 13.3. The van der Waals surface area contributed by atoms with Crippen molar-refractivity contribution in [2.75, 3.05) is 33.7 Å². The van der Waals surface area contributed by atoms with Crippen LogP contribution in [0.2, 0.25) is 0 Å². The Morgan fingerprint density at radius 2 is 1.80 bits per heavy atom. The zero-order chi connectivity index (χ0) is 15.7. The Morgan fingerprint density at radius 3 is 2.20 bits per heavy atom. The molecule has 0 saturated carbocycles. The Labute approximate surface area is 122 Å². The van der Waals surface area contributed by atoms with Crippen molar-refractivity contribution in [2.24, 2.45) is 5.92 Å². The lowest BCUT2D eigenvalue weighted by Crippen LogP contribution is -2.48. The maximum Gasteiger partial charge on any atom is 0.317 e. The average molecular weight is 287 g/mol. The van der Waals surface area contributed by atoms with E-state index in [4.69, 9.17) is 5.11 Å². The smallest absolute Gasteiger partial charge is 0.317 e. The highest BCUT2D eigenvalue weighted by Gasteiger charge is 2.19. The summed E-state index contributed by atoms with van der Waals surface area (Å²) < 4.78 is 0.